The quantitative estimate of drug-likeness (QED) is 0.288. The number of hydrogen-bond donors (Lipinski definition) is 0. The molecular weight excluding hydrogens is 412 g/mol. The minimum Gasteiger partial charge on any atom is -0.192 e. The molecule has 34 heavy (non-hydrogen) atoms. The van der Waals surface area contributed by atoms with Gasteiger partial charge in [-0.15, -0.1) is 0 Å². The van der Waals surface area contributed by atoms with Crippen molar-refractivity contribution in [2.24, 2.45) is 0 Å². The summed E-state index contributed by atoms with van der Waals surface area (Å²) < 4.78 is 0. The molecular formula is C32H20N2. The van der Waals surface area contributed by atoms with Gasteiger partial charge in [-0.2, -0.15) is 10.5 Å². The first-order valence-electron chi connectivity index (χ1n) is 11.1. The van der Waals surface area contributed by atoms with Gasteiger partial charge in [-0.1, -0.05) is 121 Å². The van der Waals surface area contributed by atoms with E-state index in [0.29, 0.717) is 16.7 Å². The number of nitriles is 2. The smallest absolute Gasteiger partial charge is 0.100 e. The lowest BCUT2D eigenvalue weighted by atomic mass is 9.78. The van der Waals surface area contributed by atoms with Gasteiger partial charge in [0.2, 0.25) is 0 Å². The second-order valence-electron chi connectivity index (χ2n) is 7.94. The van der Waals surface area contributed by atoms with Crippen LogP contribution < -0.4 is 0 Å². The Kier molecular flexibility index (Phi) is 5.73. The van der Waals surface area contributed by atoms with Crippen LogP contribution in [0.4, 0.5) is 0 Å². The maximum atomic E-state index is 10.5. The first-order chi connectivity index (χ1) is 16.8. The molecule has 0 unspecified atom stereocenters. The molecule has 0 saturated carbocycles. The van der Waals surface area contributed by atoms with Crippen LogP contribution in [0.3, 0.4) is 0 Å². The van der Waals surface area contributed by atoms with Gasteiger partial charge in [-0.3, -0.25) is 0 Å². The third-order valence-corrected chi connectivity index (χ3v) is 5.97. The van der Waals surface area contributed by atoms with Crippen LogP contribution >= 0.6 is 0 Å². The Morgan fingerprint density at radius 2 is 0.588 bits per heavy atom. The Balaban J connectivity index is 2.07. The van der Waals surface area contributed by atoms with E-state index in [1.165, 1.54) is 0 Å². The fraction of sp³-hybridized carbons (Fsp3) is 0. The second-order valence-corrected chi connectivity index (χ2v) is 7.94. The molecule has 2 nitrogen and oxygen atoms in total. The molecule has 2 heteroatoms. The van der Waals surface area contributed by atoms with Gasteiger partial charge in [0.05, 0.1) is 11.1 Å². The first kappa shape index (κ1) is 21.0. The van der Waals surface area contributed by atoms with Crippen LogP contribution in [0.25, 0.3) is 44.5 Å². The summed E-state index contributed by atoms with van der Waals surface area (Å²) >= 11 is 0. The first-order valence-corrected chi connectivity index (χ1v) is 11.1. The number of rotatable bonds is 4. The van der Waals surface area contributed by atoms with Crippen LogP contribution in [0.5, 0.6) is 0 Å². The van der Waals surface area contributed by atoms with Gasteiger partial charge in [0.25, 0.3) is 0 Å². The summed E-state index contributed by atoms with van der Waals surface area (Å²) in [7, 11) is 0. The second kappa shape index (κ2) is 9.29. The summed E-state index contributed by atoms with van der Waals surface area (Å²) in [6, 6.07) is 44.7. The van der Waals surface area contributed by atoms with Crippen LogP contribution in [0.1, 0.15) is 11.1 Å². The average molecular weight is 433 g/mol. The molecule has 0 spiro atoms. The van der Waals surface area contributed by atoms with Crippen molar-refractivity contribution in [3.8, 4) is 56.6 Å². The summed E-state index contributed by atoms with van der Waals surface area (Å²) in [5, 5.41) is 21.0. The third-order valence-electron chi connectivity index (χ3n) is 5.97. The van der Waals surface area contributed by atoms with Crippen molar-refractivity contribution in [2.45, 2.75) is 0 Å². The Bertz CT molecular complexity index is 1450. The van der Waals surface area contributed by atoms with Crippen molar-refractivity contribution >= 4 is 0 Å². The van der Waals surface area contributed by atoms with E-state index in [9.17, 15) is 10.5 Å². The lowest BCUT2D eigenvalue weighted by molar-refractivity contribution is 1.43. The highest BCUT2D eigenvalue weighted by Gasteiger charge is 2.27. The normalized spacial score (nSPS) is 10.3. The zero-order chi connectivity index (χ0) is 23.3. The average Bonchev–Trinajstić information content (AvgIpc) is 2.93. The van der Waals surface area contributed by atoms with Gasteiger partial charge in [-0.05, 0) is 22.3 Å². The molecule has 0 amide bonds. The number of hydrogen-bond acceptors (Lipinski definition) is 2. The van der Waals surface area contributed by atoms with Crippen molar-refractivity contribution in [1.29, 1.82) is 10.5 Å². The Morgan fingerprint density at radius 3 is 0.882 bits per heavy atom. The largest absolute Gasteiger partial charge is 0.192 e. The van der Waals surface area contributed by atoms with E-state index in [1.54, 1.807) is 0 Å². The molecule has 0 saturated heterocycles. The molecule has 0 bridgehead atoms. The minimum absolute atomic E-state index is 0.507. The summed E-state index contributed by atoms with van der Waals surface area (Å²) in [6.07, 6.45) is 0. The summed E-state index contributed by atoms with van der Waals surface area (Å²) in [6.45, 7) is 0. The topological polar surface area (TPSA) is 47.6 Å². The van der Waals surface area contributed by atoms with Crippen molar-refractivity contribution in [1.82, 2.24) is 0 Å². The molecule has 0 aliphatic rings. The molecule has 0 N–H and O–H groups in total. The standard InChI is InChI=1S/C32H20N2/c33-21-27-29(23-13-5-1-6-14-23)28(22-34)31(25-17-9-3-10-18-25)32(26-19-11-4-12-20-26)30(27)24-15-7-2-8-16-24/h1-20H. The van der Waals surface area contributed by atoms with E-state index in [1.807, 2.05) is 121 Å². The summed E-state index contributed by atoms with van der Waals surface area (Å²) in [5.41, 5.74) is 7.96. The van der Waals surface area contributed by atoms with Gasteiger partial charge in [0.15, 0.2) is 0 Å². The van der Waals surface area contributed by atoms with Crippen LogP contribution in [0.2, 0.25) is 0 Å². The number of benzene rings is 5. The summed E-state index contributed by atoms with van der Waals surface area (Å²) in [5.74, 6) is 0. The van der Waals surface area contributed by atoms with Crippen molar-refractivity contribution in [3.05, 3.63) is 132 Å². The molecule has 0 heterocycles. The zero-order valence-electron chi connectivity index (χ0n) is 18.4. The molecule has 0 aromatic heterocycles. The highest BCUT2D eigenvalue weighted by atomic mass is 14.3. The lowest BCUT2D eigenvalue weighted by Crippen LogP contribution is -2.02. The molecule has 0 aliphatic carbocycles. The highest BCUT2D eigenvalue weighted by Crippen LogP contribution is 2.48. The predicted molar refractivity (Wildman–Crippen MR) is 138 cm³/mol. The maximum Gasteiger partial charge on any atom is 0.100 e. The van der Waals surface area contributed by atoms with Crippen molar-refractivity contribution in [3.63, 3.8) is 0 Å². The van der Waals surface area contributed by atoms with E-state index >= 15 is 0 Å². The minimum atomic E-state index is 0.507. The van der Waals surface area contributed by atoms with Crippen LogP contribution in [0.15, 0.2) is 121 Å². The lowest BCUT2D eigenvalue weighted by Gasteiger charge is -2.23. The molecule has 0 aliphatic heterocycles. The van der Waals surface area contributed by atoms with Crippen LogP contribution in [0, 0.1) is 22.7 Å². The highest BCUT2D eigenvalue weighted by molar-refractivity contribution is 6.04. The van der Waals surface area contributed by atoms with E-state index in [4.69, 9.17) is 0 Å². The van der Waals surface area contributed by atoms with E-state index in [0.717, 1.165) is 38.9 Å². The zero-order valence-corrected chi connectivity index (χ0v) is 18.4. The summed E-state index contributed by atoms with van der Waals surface area (Å²) in [4.78, 5) is 0. The number of nitrogens with zero attached hydrogens (tertiary/aromatic N) is 2. The molecule has 5 aromatic rings. The van der Waals surface area contributed by atoms with Gasteiger partial charge >= 0.3 is 0 Å². The molecule has 158 valence electrons. The fourth-order valence-corrected chi connectivity index (χ4v) is 4.55. The molecule has 0 fully saturated rings. The SMILES string of the molecule is N#Cc1c(-c2ccccc2)c(C#N)c(-c2ccccc2)c(-c2ccccc2)c1-c1ccccc1. The van der Waals surface area contributed by atoms with Gasteiger partial charge < -0.3 is 0 Å². The Morgan fingerprint density at radius 1 is 0.324 bits per heavy atom. The maximum absolute atomic E-state index is 10.5. The van der Waals surface area contributed by atoms with Crippen molar-refractivity contribution < 1.29 is 0 Å². The van der Waals surface area contributed by atoms with Crippen molar-refractivity contribution in [2.75, 3.05) is 0 Å². The van der Waals surface area contributed by atoms with Crippen LogP contribution in [-0.2, 0) is 0 Å². The van der Waals surface area contributed by atoms with E-state index in [-0.39, 0.29) is 0 Å². The van der Waals surface area contributed by atoms with Gasteiger partial charge in [0, 0.05) is 22.3 Å². The van der Waals surface area contributed by atoms with Gasteiger partial charge in [0.1, 0.15) is 12.1 Å². The van der Waals surface area contributed by atoms with Gasteiger partial charge in [-0.25, -0.2) is 0 Å². The molecule has 0 atom stereocenters. The predicted octanol–water partition coefficient (Wildman–Crippen LogP) is 8.10. The monoisotopic (exact) mass is 432 g/mol. The van der Waals surface area contributed by atoms with E-state index < -0.39 is 0 Å². The fourth-order valence-electron chi connectivity index (χ4n) is 4.55. The molecule has 0 radical (unpaired) electrons. The molecule has 5 rings (SSSR count). The Hall–Kier alpha value is -4.92. The molecule has 5 aromatic carbocycles. The van der Waals surface area contributed by atoms with E-state index in [2.05, 4.69) is 12.1 Å². The van der Waals surface area contributed by atoms with Crippen LogP contribution in [-0.4, -0.2) is 0 Å². The third kappa shape index (κ3) is 3.65. The Labute approximate surface area is 199 Å².